The number of pyridine rings is 3. The molecule has 1 aliphatic heterocycles. The summed E-state index contributed by atoms with van der Waals surface area (Å²) >= 11 is 0. The second kappa shape index (κ2) is 14.0. The first-order valence-electron chi connectivity index (χ1n) is 15.0. The molecule has 0 bridgehead atoms. The van der Waals surface area contributed by atoms with Crippen molar-refractivity contribution >= 4 is 22.6 Å². The third kappa shape index (κ3) is 6.86. The molecule has 13 heteroatoms. The third-order valence-electron chi connectivity index (χ3n) is 7.86. The van der Waals surface area contributed by atoms with Crippen LogP contribution in [0.25, 0.3) is 22.0 Å². The average Bonchev–Trinajstić information content (AvgIpc) is 3.09. The Balaban J connectivity index is 1.26. The highest BCUT2D eigenvalue weighted by molar-refractivity contribution is 5.98. The maximum Gasteiger partial charge on any atom is 0.242 e. The van der Waals surface area contributed by atoms with Gasteiger partial charge in [0.2, 0.25) is 5.91 Å². The van der Waals surface area contributed by atoms with Crippen LogP contribution in [0.1, 0.15) is 16.1 Å². The number of rotatable bonds is 10. The maximum absolute atomic E-state index is 14.8. The largest absolute Gasteiger partial charge is 0.493 e. The van der Waals surface area contributed by atoms with E-state index in [1.54, 1.807) is 41.4 Å². The molecule has 4 heterocycles. The Bertz CT molecular complexity index is 2060. The molecule has 1 aliphatic rings. The Labute approximate surface area is 273 Å². The zero-order valence-electron chi connectivity index (χ0n) is 26.1. The molecule has 0 spiro atoms. The van der Waals surface area contributed by atoms with E-state index < -0.39 is 22.8 Å². The molecule has 2 aromatic carbocycles. The number of carbonyl (C=O) groups excluding carboxylic acids is 2. The number of ketones is 1. The molecule has 6 rings (SSSR count). The highest BCUT2D eigenvalue weighted by Crippen LogP contribution is 2.36. The van der Waals surface area contributed by atoms with Gasteiger partial charge < -0.3 is 28.4 Å². The van der Waals surface area contributed by atoms with E-state index in [1.165, 1.54) is 37.4 Å². The Kier molecular flexibility index (Phi) is 9.39. The summed E-state index contributed by atoms with van der Waals surface area (Å²) in [6, 6.07) is 11.2. The van der Waals surface area contributed by atoms with Crippen molar-refractivity contribution in [3.63, 3.8) is 0 Å². The number of nitrogens with zero attached hydrogens (tertiary/aromatic N) is 4. The van der Waals surface area contributed by atoms with Crippen molar-refractivity contribution in [3.05, 3.63) is 106 Å². The summed E-state index contributed by atoms with van der Waals surface area (Å²) in [6.07, 6.45) is 5.35. The van der Waals surface area contributed by atoms with E-state index in [-0.39, 0.29) is 35.6 Å². The number of fused-ring (bicyclic) bond motifs is 1. The van der Waals surface area contributed by atoms with Crippen LogP contribution in [0.2, 0.25) is 0 Å². The molecule has 48 heavy (non-hydrogen) atoms. The van der Waals surface area contributed by atoms with Crippen LogP contribution in [0.4, 0.5) is 8.78 Å². The van der Waals surface area contributed by atoms with Gasteiger partial charge in [-0.2, -0.15) is 0 Å². The Hall–Kier alpha value is -5.69. The van der Waals surface area contributed by atoms with Gasteiger partial charge in [0, 0.05) is 66.0 Å². The van der Waals surface area contributed by atoms with Gasteiger partial charge in [-0.15, -0.1) is 0 Å². The highest BCUT2D eigenvalue weighted by Gasteiger charge is 2.22. The number of carbonyl (C=O) groups is 2. The van der Waals surface area contributed by atoms with E-state index in [2.05, 4.69) is 9.97 Å². The number of ether oxygens (including phenoxy) is 4. The number of halogens is 2. The molecule has 246 valence electrons. The molecule has 1 fully saturated rings. The summed E-state index contributed by atoms with van der Waals surface area (Å²) in [7, 11) is 3.06. The summed E-state index contributed by atoms with van der Waals surface area (Å²) in [5, 5.41) is 0.676. The van der Waals surface area contributed by atoms with Crippen molar-refractivity contribution in [2.75, 3.05) is 40.5 Å². The van der Waals surface area contributed by atoms with Crippen molar-refractivity contribution in [1.82, 2.24) is 19.4 Å². The summed E-state index contributed by atoms with van der Waals surface area (Å²) < 4.78 is 52.0. The van der Waals surface area contributed by atoms with Crippen LogP contribution in [-0.2, 0) is 22.5 Å². The van der Waals surface area contributed by atoms with Crippen LogP contribution in [0.15, 0.2) is 78.1 Å². The normalized spacial score (nSPS) is 13.0. The molecule has 0 saturated carbocycles. The lowest BCUT2D eigenvalue weighted by atomic mass is 10.0. The number of methoxy groups -OCH3 is 2. The van der Waals surface area contributed by atoms with Gasteiger partial charge in [0.15, 0.2) is 22.7 Å². The van der Waals surface area contributed by atoms with E-state index in [0.29, 0.717) is 72.0 Å². The molecular weight excluding hydrogens is 626 g/mol. The molecule has 5 aromatic rings. The summed E-state index contributed by atoms with van der Waals surface area (Å²) in [6.45, 7) is 1.38. The molecule has 0 N–H and O–H groups in total. The minimum absolute atomic E-state index is 0.177. The summed E-state index contributed by atoms with van der Waals surface area (Å²) in [5.74, 6) is -0.752. The lowest BCUT2D eigenvalue weighted by molar-refractivity contribution is -0.135. The maximum atomic E-state index is 14.8. The zero-order chi connectivity index (χ0) is 33.8. The van der Waals surface area contributed by atoms with E-state index in [1.807, 2.05) is 0 Å². The highest BCUT2D eigenvalue weighted by atomic mass is 19.1. The van der Waals surface area contributed by atoms with Crippen molar-refractivity contribution in [1.29, 1.82) is 0 Å². The number of morpholine rings is 1. The average molecular weight is 657 g/mol. The van der Waals surface area contributed by atoms with E-state index >= 15 is 0 Å². The van der Waals surface area contributed by atoms with Gasteiger partial charge in [-0.05, 0) is 36.4 Å². The summed E-state index contributed by atoms with van der Waals surface area (Å²) in [4.78, 5) is 50.5. The van der Waals surface area contributed by atoms with Crippen LogP contribution >= 0.6 is 0 Å². The number of amides is 1. The van der Waals surface area contributed by atoms with E-state index in [4.69, 9.17) is 18.9 Å². The standard InChI is InChI=1S/C35H30F2N4O7/c1-45-32-15-25-29(16-33(32)46-2)38-8-7-31(25)48-23-5-4-22(39-17-23)14-30(42)27-19-40(20-34(43)41-9-11-47-12-10-41)18-26(35(27)44)24-6-3-21(36)13-28(24)37/h3-8,13,15-19H,9-12,14,20H2,1-2H3. The topological polar surface area (TPSA) is 122 Å². The first-order chi connectivity index (χ1) is 23.2. The lowest BCUT2D eigenvalue weighted by Crippen LogP contribution is -2.42. The van der Waals surface area contributed by atoms with Crippen molar-refractivity contribution in [2.45, 2.75) is 13.0 Å². The van der Waals surface area contributed by atoms with E-state index in [9.17, 15) is 23.2 Å². The number of benzene rings is 2. The fourth-order valence-corrected chi connectivity index (χ4v) is 5.39. The van der Waals surface area contributed by atoms with Crippen molar-refractivity contribution in [2.24, 2.45) is 0 Å². The number of hydrogen-bond donors (Lipinski definition) is 0. The molecule has 1 saturated heterocycles. The van der Waals surface area contributed by atoms with Crippen molar-refractivity contribution in [3.8, 4) is 34.1 Å². The Morgan fingerprint density at radius 3 is 2.38 bits per heavy atom. The molecule has 0 aliphatic carbocycles. The lowest BCUT2D eigenvalue weighted by Gasteiger charge is -2.27. The second-order valence-electron chi connectivity index (χ2n) is 10.9. The van der Waals surface area contributed by atoms with Crippen LogP contribution in [0.3, 0.4) is 0 Å². The SMILES string of the molecule is COc1cc2nccc(Oc3ccc(CC(=O)c4cn(CC(=O)N5CCOCC5)cc(-c5ccc(F)cc5F)c4=O)nc3)c2cc1OC. The molecule has 3 aromatic heterocycles. The van der Waals surface area contributed by atoms with Crippen LogP contribution in [-0.4, -0.2) is 71.6 Å². The first kappa shape index (κ1) is 32.3. The van der Waals surface area contributed by atoms with Gasteiger partial charge in [0.05, 0.1) is 51.1 Å². The fraction of sp³-hybridized carbons (Fsp3) is 0.229. The Morgan fingerprint density at radius 2 is 1.67 bits per heavy atom. The van der Waals surface area contributed by atoms with Crippen molar-refractivity contribution < 1.29 is 37.3 Å². The van der Waals surface area contributed by atoms with Gasteiger partial charge in [0.25, 0.3) is 0 Å². The number of Topliss-reactive ketones (excluding diaryl/α,β-unsaturated/α-hetero) is 1. The molecule has 1 amide bonds. The number of aromatic nitrogens is 3. The second-order valence-corrected chi connectivity index (χ2v) is 10.9. The number of hydrogen-bond acceptors (Lipinski definition) is 9. The van der Waals surface area contributed by atoms with Gasteiger partial charge >= 0.3 is 0 Å². The van der Waals surface area contributed by atoms with E-state index in [0.717, 1.165) is 12.1 Å². The third-order valence-corrected chi connectivity index (χ3v) is 7.86. The predicted molar refractivity (Wildman–Crippen MR) is 171 cm³/mol. The monoisotopic (exact) mass is 656 g/mol. The van der Waals surface area contributed by atoms with Gasteiger partial charge in [-0.25, -0.2) is 8.78 Å². The molecule has 0 atom stereocenters. The van der Waals surface area contributed by atoms with Crippen LogP contribution < -0.4 is 19.6 Å². The molecule has 0 radical (unpaired) electrons. The fourth-order valence-electron chi connectivity index (χ4n) is 5.39. The van der Waals surface area contributed by atoms with Gasteiger partial charge in [-0.3, -0.25) is 24.4 Å². The van der Waals surface area contributed by atoms with Gasteiger partial charge in [0.1, 0.15) is 29.7 Å². The Morgan fingerprint density at radius 1 is 0.896 bits per heavy atom. The van der Waals surface area contributed by atoms with Crippen LogP contribution in [0.5, 0.6) is 23.0 Å². The first-order valence-corrected chi connectivity index (χ1v) is 15.0. The zero-order valence-corrected chi connectivity index (χ0v) is 26.1. The van der Waals surface area contributed by atoms with Gasteiger partial charge in [-0.1, -0.05) is 0 Å². The smallest absolute Gasteiger partial charge is 0.242 e. The predicted octanol–water partition coefficient (Wildman–Crippen LogP) is 4.83. The minimum atomic E-state index is -0.973. The van der Waals surface area contributed by atoms with Crippen LogP contribution in [0, 0.1) is 11.6 Å². The quantitative estimate of drug-likeness (QED) is 0.195. The molecular formula is C35H30F2N4O7. The molecule has 0 unspecified atom stereocenters. The molecule has 11 nitrogen and oxygen atoms in total. The summed E-state index contributed by atoms with van der Waals surface area (Å²) in [5.41, 5.74) is -0.419. The minimum Gasteiger partial charge on any atom is -0.493 e.